The van der Waals surface area contributed by atoms with E-state index < -0.39 is 51.8 Å². The molecular formula is C31H38N9O7PS. The van der Waals surface area contributed by atoms with Gasteiger partial charge in [0.15, 0.2) is 5.52 Å². The lowest BCUT2D eigenvalue weighted by Crippen LogP contribution is -2.49. The van der Waals surface area contributed by atoms with E-state index in [0.717, 1.165) is 27.2 Å². The SMILES string of the molecule is CPC(=O)[C@H](CC(=O)N(c1ccc(C)c(S(N)(=O)=O)c1)c1nccc(N(C)c2ccc3c(C)n(C)nc3c2)n1)NC(=O)[C@@H](N)CCC(=O)O. The number of carboxylic acids is 1. The van der Waals surface area contributed by atoms with Crippen LogP contribution in [0.1, 0.15) is 30.5 Å². The third-order valence-corrected chi connectivity index (χ3v) is 9.82. The predicted molar refractivity (Wildman–Crippen MR) is 186 cm³/mol. The van der Waals surface area contributed by atoms with E-state index in [4.69, 9.17) is 16.0 Å². The molecule has 49 heavy (non-hydrogen) atoms. The van der Waals surface area contributed by atoms with Crippen LogP contribution in [-0.2, 0) is 36.2 Å². The molecule has 2 heterocycles. The molecule has 0 aliphatic carbocycles. The minimum absolute atomic E-state index is 0.0411. The van der Waals surface area contributed by atoms with Gasteiger partial charge in [0.2, 0.25) is 27.8 Å². The molecular weight excluding hydrogens is 673 g/mol. The van der Waals surface area contributed by atoms with Crippen molar-refractivity contribution in [2.24, 2.45) is 17.9 Å². The molecule has 18 heteroatoms. The van der Waals surface area contributed by atoms with Gasteiger partial charge in [-0.15, -0.1) is 0 Å². The van der Waals surface area contributed by atoms with E-state index in [1.165, 1.54) is 24.4 Å². The molecule has 16 nitrogen and oxygen atoms in total. The van der Waals surface area contributed by atoms with Gasteiger partial charge in [-0.3, -0.25) is 23.9 Å². The van der Waals surface area contributed by atoms with Crippen LogP contribution >= 0.6 is 8.58 Å². The largest absolute Gasteiger partial charge is 0.481 e. The summed E-state index contributed by atoms with van der Waals surface area (Å²) in [5.41, 5.74) is 8.26. The smallest absolute Gasteiger partial charge is 0.303 e. The van der Waals surface area contributed by atoms with Gasteiger partial charge in [0.05, 0.1) is 28.6 Å². The lowest BCUT2D eigenvalue weighted by atomic mass is 10.1. The average Bonchev–Trinajstić information content (AvgIpc) is 3.34. The number of aryl methyl sites for hydroxylation is 3. The van der Waals surface area contributed by atoms with Crippen molar-refractivity contribution in [1.29, 1.82) is 0 Å². The molecule has 0 aliphatic heterocycles. The maximum absolute atomic E-state index is 14.2. The van der Waals surface area contributed by atoms with Gasteiger partial charge in [-0.1, -0.05) is 14.6 Å². The number of nitrogens with two attached hydrogens (primary N) is 2. The molecule has 0 saturated heterocycles. The van der Waals surface area contributed by atoms with Crippen LogP contribution < -0.4 is 26.0 Å². The van der Waals surface area contributed by atoms with E-state index in [1.807, 2.05) is 32.2 Å². The number of fused-ring (bicyclic) bond motifs is 1. The molecule has 0 aliphatic rings. The van der Waals surface area contributed by atoms with Crippen LogP contribution in [0.15, 0.2) is 53.6 Å². The van der Waals surface area contributed by atoms with Crippen LogP contribution in [0.5, 0.6) is 0 Å². The molecule has 0 radical (unpaired) electrons. The zero-order valence-electron chi connectivity index (χ0n) is 27.5. The molecule has 0 fully saturated rings. The van der Waals surface area contributed by atoms with Crippen LogP contribution in [0.3, 0.4) is 0 Å². The fraction of sp³-hybridized carbons (Fsp3) is 0.323. The number of amides is 2. The molecule has 2 aromatic carbocycles. The Balaban J connectivity index is 1.75. The number of primary sulfonamides is 1. The summed E-state index contributed by atoms with van der Waals surface area (Å²) >= 11 is 0. The first-order chi connectivity index (χ1) is 23.0. The minimum Gasteiger partial charge on any atom is -0.481 e. The summed E-state index contributed by atoms with van der Waals surface area (Å²) in [6, 6.07) is 8.93. The third-order valence-electron chi connectivity index (χ3n) is 7.92. The lowest BCUT2D eigenvalue weighted by molar-refractivity contribution is -0.137. The Kier molecular flexibility index (Phi) is 11.4. The molecule has 4 aromatic rings. The van der Waals surface area contributed by atoms with Crippen molar-refractivity contribution in [2.75, 3.05) is 23.5 Å². The second-order valence-corrected chi connectivity index (χ2v) is 13.8. The molecule has 0 bridgehead atoms. The number of aliphatic carboxylic acids is 1. The monoisotopic (exact) mass is 711 g/mol. The predicted octanol–water partition coefficient (Wildman–Crippen LogP) is 1.96. The van der Waals surface area contributed by atoms with E-state index in [2.05, 4.69) is 20.4 Å². The first kappa shape index (κ1) is 37.0. The molecule has 2 aromatic heterocycles. The maximum atomic E-state index is 14.2. The van der Waals surface area contributed by atoms with Crippen molar-refractivity contribution in [2.45, 2.75) is 50.1 Å². The number of benzene rings is 2. The number of carbonyl (C=O) groups excluding carboxylic acids is 3. The van der Waals surface area contributed by atoms with Crippen molar-refractivity contribution in [3.05, 3.63) is 59.9 Å². The number of sulfonamides is 1. The Morgan fingerprint density at radius 3 is 2.43 bits per heavy atom. The molecule has 0 spiro atoms. The number of carboxylic acid groups (broad SMARTS) is 1. The van der Waals surface area contributed by atoms with Crippen molar-refractivity contribution in [3.8, 4) is 0 Å². The topological polar surface area (TPSA) is 237 Å². The van der Waals surface area contributed by atoms with Gasteiger partial charge in [0.25, 0.3) is 0 Å². The molecule has 260 valence electrons. The Morgan fingerprint density at radius 2 is 1.78 bits per heavy atom. The van der Waals surface area contributed by atoms with E-state index in [-0.39, 0.29) is 38.0 Å². The Bertz CT molecular complexity index is 2040. The number of nitrogens with zero attached hydrogens (tertiary/aromatic N) is 6. The summed E-state index contributed by atoms with van der Waals surface area (Å²) in [4.78, 5) is 62.4. The Labute approximate surface area is 284 Å². The lowest BCUT2D eigenvalue weighted by Gasteiger charge is -2.26. The van der Waals surface area contributed by atoms with Crippen molar-refractivity contribution < 1.29 is 32.7 Å². The normalized spacial score (nSPS) is 13.0. The highest BCUT2D eigenvalue weighted by Crippen LogP contribution is 2.31. The number of rotatable bonds is 14. The van der Waals surface area contributed by atoms with Gasteiger partial charge < -0.3 is 21.1 Å². The zero-order valence-corrected chi connectivity index (χ0v) is 29.4. The summed E-state index contributed by atoms with van der Waals surface area (Å²) in [5, 5.41) is 22.4. The van der Waals surface area contributed by atoms with Gasteiger partial charge >= 0.3 is 5.97 Å². The standard InChI is InChI=1S/C31H38N9O7PS/c1-17-6-7-20(15-25(17)49(33,46)47)40(27(41)16-24(30(45)48-5)35-29(44)22(32)10-11-28(42)43)31-34-13-12-26(36-31)38(3)19-8-9-21-18(2)39(4)37-23(21)14-19/h6-9,12-15,22,24,48H,10-11,16,32H2,1-5H3,(H,35,44)(H,42,43)(H2,33,46,47)/t22-,24-/m0/s1. The fourth-order valence-corrected chi connectivity index (χ4v) is 6.36. The molecule has 1 unspecified atom stereocenters. The van der Waals surface area contributed by atoms with Crippen LogP contribution in [-0.4, -0.2) is 82.4 Å². The van der Waals surface area contributed by atoms with Crippen molar-refractivity contribution in [3.63, 3.8) is 0 Å². The first-order valence-corrected chi connectivity index (χ1v) is 18.0. The second-order valence-electron chi connectivity index (χ2n) is 11.3. The molecule has 4 rings (SSSR count). The van der Waals surface area contributed by atoms with Gasteiger partial charge in [-0.25, -0.2) is 23.4 Å². The van der Waals surface area contributed by atoms with Gasteiger partial charge in [0, 0.05) is 43.5 Å². The average molecular weight is 712 g/mol. The van der Waals surface area contributed by atoms with Crippen molar-refractivity contribution >= 4 is 76.0 Å². The number of aromatic nitrogens is 4. The number of anilines is 4. The number of nitrogens with one attached hydrogen (secondary N) is 1. The molecule has 2 amide bonds. The Hall–Kier alpha value is -4.83. The maximum Gasteiger partial charge on any atom is 0.303 e. The molecule has 6 N–H and O–H groups in total. The van der Waals surface area contributed by atoms with E-state index in [1.54, 1.807) is 36.3 Å². The minimum atomic E-state index is -4.21. The summed E-state index contributed by atoms with van der Waals surface area (Å²) in [6.45, 7) is 5.09. The highest BCUT2D eigenvalue weighted by molar-refractivity contribution is 7.89. The Morgan fingerprint density at radius 1 is 1.08 bits per heavy atom. The van der Waals surface area contributed by atoms with Gasteiger partial charge in [-0.2, -0.15) is 10.1 Å². The van der Waals surface area contributed by atoms with E-state index in [9.17, 15) is 27.6 Å². The summed E-state index contributed by atoms with van der Waals surface area (Å²) in [6.07, 6.45) is 0.296. The van der Waals surface area contributed by atoms with Crippen molar-refractivity contribution in [1.82, 2.24) is 25.1 Å². The zero-order chi connectivity index (χ0) is 36.2. The number of hydrogen-bond acceptors (Lipinski definition) is 11. The van der Waals surface area contributed by atoms with E-state index in [0.29, 0.717) is 11.4 Å². The highest BCUT2D eigenvalue weighted by Gasteiger charge is 2.31. The fourth-order valence-electron chi connectivity index (χ4n) is 5.04. The number of carbonyl (C=O) groups is 4. The van der Waals surface area contributed by atoms with Gasteiger partial charge in [0.1, 0.15) is 11.9 Å². The van der Waals surface area contributed by atoms with Crippen LogP contribution in [0.4, 0.5) is 23.1 Å². The van der Waals surface area contributed by atoms with E-state index >= 15 is 0 Å². The first-order valence-electron chi connectivity index (χ1n) is 15.0. The van der Waals surface area contributed by atoms with Gasteiger partial charge in [-0.05, 0) is 68.9 Å². The molecule has 0 saturated carbocycles. The van der Waals surface area contributed by atoms with Crippen LogP contribution in [0.25, 0.3) is 10.9 Å². The van der Waals surface area contributed by atoms with Crippen LogP contribution in [0.2, 0.25) is 0 Å². The third kappa shape index (κ3) is 8.61. The van der Waals surface area contributed by atoms with Crippen LogP contribution in [0, 0.1) is 13.8 Å². The highest BCUT2D eigenvalue weighted by atomic mass is 32.2. The summed E-state index contributed by atoms with van der Waals surface area (Å²) in [5.74, 6) is -2.49. The number of hydrogen-bond donors (Lipinski definition) is 4. The summed E-state index contributed by atoms with van der Waals surface area (Å²) in [7, 11) is -0.906. The summed E-state index contributed by atoms with van der Waals surface area (Å²) < 4.78 is 26.6. The molecule has 3 atom stereocenters. The quantitative estimate of drug-likeness (QED) is 0.137. The second kappa shape index (κ2) is 15.2.